The van der Waals surface area contributed by atoms with Crippen molar-refractivity contribution in [3.8, 4) is 0 Å². The molecule has 2 heterocycles. The molecule has 0 radical (unpaired) electrons. The zero-order chi connectivity index (χ0) is 22.5. The zero-order valence-electron chi connectivity index (χ0n) is 19.0. The number of carbonyl (C=O) groups excluding carboxylic acids is 1. The molecule has 2 atom stereocenters. The summed E-state index contributed by atoms with van der Waals surface area (Å²) in [6, 6.07) is 0. The molecule has 5 nitrogen and oxygen atoms in total. The summed E-state index contributed by atoms with van der Waals surface area (Å²) in [5, 5.41) is 11.2. The summed E-state index contributed by atoms with van der Waals surface area (Å²) in [5.41, 5.74) is 3.78. The van der Waals surface area contributed by atoms with E-state index in [9.17, 15) is 14.7 Å². The van der Waals surface area contributed by atoms with Gasteiger partial charge in [0.2, 0.25) is 0 Å². The summed E-state index contributed by atoms with van der Waals surface area (Å²) in [5.74, 6) is -1.33. The lowest BCUT2D eigenvalue weighted by Crippen LogP contribution is -2.30. The van der Waals surface area contributed by atoms with Gasteiger partial charge in [0, 0.05) is 27.4 Å². The third-order valence-corrected chi connectivity index (χ3v) is 7.42. The molecule has 2 aliphatic rings. The first-order valence-electron chi connectivity index (χ1n) is 11.1. The lowest BCUT2D eigenvalue weighted by atomic mass is 9.78. The maximum atomic E-state index is 13.2. The molecule has 0 amide bonds. The van der Waals surface area contributed by atoms with Crippen molar-refractivity contribution >= 4 is 33.3 Å². The van der Waals surface area contributed by atoms with E-state index in [4.69, 9.17) is 9.72 Å². The predicted octanol–water partition coefficient (Wildman–Crippen LogP) is 5.82. The molecule has 2 aromatic rings. The molecular weight excluding hydrogens is 410 g/mol. The predicted molar refractivity (Wildman–Crippen MR) is 123 cm³/mol. The highest BCUT2D eigenvalue weighted by atomic mass is 32.1. The van der Waals surface area contributed by atoms with Gasteiger partial charge in [0.1, 0.15) is 4.83 Å². The number of hydrogen-bond donors (Lipinski definition) is 1. The van der Waals surface area contributed by atoms with Gasteiger partial charge in [-0.1, -0.05) is 5.57 Å². The average Bonchev–Trinajstić information content (AvgIpc) is 3.02. The maximum absolute atomic E-state index is 13.2. The molecule has 2 aromatic heterocycles. The van der Waals surface area contributed by atoms with Gasteiger partial charge in [-0.3, -0.25) is 4.79 Å². The van der Waals surface area contributed by atoms with Crippen molar-refractivity contribution in [1.29, 1.82) is 0 Å². The topological polar surface area (TPSA) is 76.5 Å². The van der Waals surface area contributed by atoms with Gasteiger partial charge in [-0.25, -0.2) is 9.78 Å². The minimum Gasteiger partial charge on any atom is -0.479 e. The third kappa shape index (κ3) is 4.20. The van der Waals surface area contributed by atoms with Gasteiger partial charge >= 0.3 is 5.97 Å². The SMILES string of the molecule is CC1=CC(=O)C(c2c([C@H](OC(C)(C)C)C(=O)O)c(C)nc3sc4c(c23)CCCC4)CC1. The van der Waals surface area contributed by atoms with Crippen molar-refractivity contribution in [1.82, 2.24) is 4.98 Å². The van der Waals surface area contributed by atoms with Crippen LogP contribution in [-0.4, -0.2) is 27.4 Å². The van der Waals surface area contributed by atoms with Crippen molar-refractivity contribution < 1.29 is 19.4 Å². The summed E-state index contributed by atoms with van der Waals surface area (Å²) >= 11 is 1.71. The lowest BCUT2D eigenvalue weighted by Gasteiger charge is -2.30. The molecule has 0 bridgehead atoms. The van der Waals surface area contributed by atoms with Gasteiger partial charge in [-0.2, -0.15) is 0 Å². The summed E-state index contributed by atoms with van der Waals surface area (Å²) in [6.45, 7) is 9.40. The van der Waals surface area contributed by atoms with E-state index in [1.807, 2.05) is 34.6 Å². The molecule has 0 saturated heterocycles. The zero-order valence-corrected chi connectivity index (χ0v) is 19.8. The van der Waals surface area contributed by atoms with Gasteiger partial charge in [0.05, 0.1) is 5.60 Å². The molecule has 0 aliphatic heterocycles. The van der Waals surface area contributed by atoms with E-state index in [1.54, 1.807) is 17.4 Å². The number of aryl methyl sites for hydroxylation is 3. The Morgan fingerprint density at radius 2 is 1.94 bits per heavy atom. The molecule has 6 heteroatoms. The molecule has 0 spiro atoms. The first-order valence-corrected chi connectivity index (χ1v) is 11.9. The largest absolute Gasteiger partial charge is 0.479 e. The molecule has 1 N–H and O–H groups in total. The van der Waals surface area contributed by atoms with Gasteiger partial charge < -0.3 is 9.84 Å². The molecule has 1 unspecified atom stereocenters. The van der Waals surface area contributed by atoms with Gasteiger partial charge in [-0.15, -0.1) is 11.3 Å². The second-order valence-electron chi connectivity index (χ2n) is 9.85. The van der Waals surface area contributed by atoms with Crippen molar-refractivity contribution in [2.45, 2.75) is 90.8 Å². The van der Waals surface area contributed by atoms with Crippen LogP contribution >= 0.6 is 11.3 Å². The van der Waals surface area contributed by atoms with Crippen LogP contribution in [-0.2, 0) is 27.2 Å². The molecule has 4 rings (SSSR count). The highest BCUT2D eigenvalue weighted by Crippen LogP contribution is 2.46. The van der Waals surface area contributed by atoms with Crippen LogP contribution < -0.4 is 0 Å². The number of pyridine rings is 1. The Morgan fingerprint density at radius 1 is 1.23 bits per heavy atom. The monoisotopic (exact) mass is 441 g/mol. The number of fused-ring (bicyclic) bond motifs is 3. The molecule has 0 fully saturated rings. The van der Waals surface area contributed by atoms with E-state index < -0.39 is 17.7 Å². The summed E-state index contributed by atoms with van der Waals surface area (Å²) in [6.07, 6.45) is 6.37. The van der Waals surface area contributed by atoms with Gasteiger partial charge in [0.25, 0.3) is 0 Å². The van der Waals surface area contributed by atoms with E-state index in [1.165, 1.54) is 10.4 Å². The Kier molecular flexibility index (Phi) is 5.81. The summed E-state index contributed by atoms with van der Waals surface area (Å²) in [4.78, 5) is 32.7. The number of carboxylic acids is 1. The number of ketones is 1. The number of nitrogens with zero attached hydrogens (tertiary/aromatic N) is 1. The minimum atomic E-state index is -1.16. The first kappa shape index (κ1) is 22.2. The van der Waals surface area contributed by atoms with Crippen LogP contribution in [0.4, 0.5) is 0 Å². The second-order valence-corrected chi connectivity index (χ2v) is 10.9. The number of aromatic nitrogens is 1. The van der Waals surface area contributed by atoms with Crippen molar-refractivity contribution in [2.24, 2.45) is 0 Å². The van der Waals surface area contributed by atoms with Crippen LogP contribution in [0.2, 0.25) is 0 Å². The van der Waals surface area contributed by atoms with Gasteiger partial charge in [-0.05, 0) is 90.3 Å². The van der Waals surface area contributed by atoms with E-state index in [0.717, 1.165) is 53.5 Å². The van der Waals surface area contributed by atoms with E-state index in [0.29, 0.717) is 17.7 Å². The molecule has 31 heavy (non-hydrogen) atoms. The number of carboxylic acid groups (broad SMARTS) is 1. The number of allylic oxidation sites excluding steroid dienone is 2. The normalized spacial score (nSPS) is 20.5. The maximum Gasteiger partial charge on any atom is 0.337 e. The highest BCUT2D eigenvalue weighted by Gasteiger charge is 2.37. The number of thiophene rings is 1. The van der Waals surface area contributed by atoms with Crippen LogP contribution in [0.3, 0.4) is 0 Å². The standard InChI is InChI=1S/C25H31NO4S/c1-13-10-11-15(17(27)12-13)20-19(22(24(28)29)30-25(3,4)5)14(2)26-23-21(20)16-8-6-7-9-18(16)31-23/h12,15,22H,6-11H2,1-5H3,(H,28,29)/t15?,22-/m0/s1. The number of ether oxygens (including phenoxy) is 1. The molecular formula is C25H31NO4S. The number of aliphatic carboxylic acids is 1. The fourth-order valence-corrected chi connectivity index (χ4v) is 6.27. The smallest absolute Gasteiger partial charge is 0.337 e. The summed E-state index contributed by atoms with van der Waals surface area (Å²) < 4.78 is 6.06. The quantitative estimate of drug-likeness (QED) is 0.647. The van der Waals surface area contributed by atoms with Crippen LogP contribution in [0.5, 0.6) is 0 Å². The molecule has 0 aromatic carbocycles. The Bertz CT molecular complexity index is 1090. The highest BCUT2D eigenvalue weighted by molar-refractivity contribution is 7.18. The lowest BCUT2D eigenvalue weighted by molar-refractivity contribution is -0.160. The van der Waals surface area contributed by atoms with Crippen LogP contribution in [0.25, 0.3) is 10.2 Å². The second kappa shape index (κ2) is 8.14. The Morgan fingerprint density at radius 3 is 2.58 bits per heavy atom. The average molecular weight is 442 g/mol. The number of hydrogen-bond acceptors (Lipinski definition) is 5. The fraction of sp³-hybridized carbons (Fsp3) is 0.560. The van der Waals surface area contributed by atoms with Gasteiger partial charge in [0.15, 0.2) is 11.9 Å². The van der Waals surface area contributed by atoms with Crippen molar-refractivity contribution in [3.63, 3.8) is 0 Å². The molecule has 166 valence electrons. The van der Waals surface area contributed by atoms with Crippen LogP contribution in [0, 0.1) is 6.92 Å². The minimum absolute atomic E-state index is 0.0626. The van der Waals surface area contributed by atoms with E-state index in [2.05, 4.69) is 0 Å². The number of carbonyl (C=O) groups is 2. The molecule has 2 aliphatic carbocycles. The fourth-order valence-electron chi connectivity index (χ4n) is 4.95. The molecule has 0 saturated carbocycles. The van der Waals surface area contributed by atoms with Crippen molar-refractivity contribution in [3.05, 3.63) is 38.9 Å². The Balaban J connectivity index is 2.04. The Labute approximate surface area is 187 Å². The number of rotatable bonds is 4. The third-order valence-electron chi connectivity index (χ3n) is 6.24. The van der Waals surface area contributed by atoms with Crippen LogP contribution in [0.15, 0.2) is 11.6 Å². The van der Waals surface area contributed by atoms with Crippen LogP contribution in [0.1, 0.15) is 92.7 Å². The summed E-state index contributed by atoms with van der Waals surface area (Å²) in [7, 11) is 0. The first-order chi connectivity index (χ1) is 14.6. The van der Waals surface area contributed by atoms with E-state index >= 15 is 0 Å². The van der Waals surface area contributed by atoms with Crippen molar-refractivity contribution in [2.75, 3.05) is 0 Å². The Hall–Kier alpha value is -2.05. The van der Waals surface area contributed by atoms with E-state index in [-0.39, 0.29) is 11.7 Å².